The molecule has 1 aromatic carbocycles. The summed E-state index contributed by atoms with van der Waals surface area (Å²) in [5, 5.41) is 4.95. The minimum atomic E-state index is -1.91. The first kappa shape index (κ1) is 25.2. The molecule has 0 saturated carbocycles. The van der Waals surface area contributed by atoms with Crippen molar-refractivity contribution in [1.82, 2.24) is 0 Å². The Morgan fingerprint density at radius 1 is 0.767 bits per heavy atom. The molecule has 2 rings (SSSR count). The second-order valence-electron chi connectivity index (χ2n) is 9.59. The third-order valence-corrected chi connectivity index (χ3v) is 20.1. The van der Waals surface area contributed by atoms with Gasteiger partial charge in [0, 0.05) is 0 Å². The normalized spacial score (nSPS) is 17.9. The average Bonchev–Trinajstić information content (AvgIpc) is 2.95. The molecule has 0 heterocycles. The van der Waals surface area contributed by atoms with Crippen molar-refractivity contribution in [3.8, 4) is 5.75 Å². The quantitative estimate of drug-likeness (QED) is 0.366. The summed E-state index contributed by atoms with van der Waals surface area (Å²) < 4.78 is 6.37. The number of allylic oxidation sites excluding steroid dienone is 4. The van der Waals surface area contributed by atoms with Gasteiger partial charge in [-0.2, -0.15) is 0 Å². The molecule has 168 valence electrons. The van der Waals surface area contributed by atoms with Crippen molar-refractivity contribution in [3.05, 3.63) is 39.6 Å². The Balaban J connectivity index is 2.93. The van der Waals surface area contributed by atoms with Crippen LogP contribution in [0.15, 0.2) is 34.0 Å². The molecule has 0 aromatic heterocycles. The summed E-state index contributed by atoms with van der Waals surface area (Å²) in [6, 6.07) is 11.4. The highest BCUT2D eigenvalue weighted by Crippen LogP contribution is 2.44. The molecule has 1 unspecified atom stereocenters. The zero-order chi connectivity index (χ0) is 22.9. The molecule has 0 radical (unpaired) electrons. The van der Waals surface area contributed by atoms with E-state index in [1.807, 2.05) is 7.11 Å². The molecule has 0 N–H and O–H groups in total. The van der Waals surface area contributed by atoms with Crippen molar-refractivity contribution in [1.29, 1.82) is 0 Å². The van der Waals surface area contributed by atoms with Crippen LogP contribution in [0.5, 0.6) is 5.75 Å². The summed E-state index contributed by atoms with van der Waals surface area (Å²) in [7, 11) is -1.54. The second kappa shape index (κ2) is 9.60. The van der Waals surface area contributed by atoms with Crippen molar-refractivity contribution in [3.63, 3.8) is 0 Å². The summed E-state index contributed by atoms with van der Waals surface area (Å²) >= 11 is 0. The van der Waals surface area contributed by atoms with Gasteiger partial charge in [-0.1, -0.05) is 106 Å². The highest BCUT2D eigenvalue weighted by atomic mass is 28.3. The molecule has 1 atom stereocenters. The predicted molar refractivity (Wildman–Crippen MR) is 141 cm³/mol. The van der Waals surface area contributed by atoms with Crippen LogP contribution in [0.3, 0.4) is 0 Å². The van der Waals surface area contributed by atoms with Gasteiger partial charge in [0.15, 0.2) is 0 Å². The molecule has 0 saturated heterocycles. The Labute approximate surface area is 189 Å². The molecule has 0 amide bonds. The van der Waals surface area contributed by atoms with Crippen molar-refractivity contribution in [2.24, 2.45) is 5.92 Å². The van der Waals surface area contributed by atoms with Crippen molar-refractivity contribution in [2.45, 2.75) is 99.5 Å². The zero-order valence-corrected chi connectivity index (χ0v) is 23.7. The van der Waals surface area contributed by atoms with Gasteiger partial charge in [-0.3, -0.25) is 0 Å². The van der Waals surface area contributed by atoms with E-state index < -0.39 is 16.1 Å². The molecular weight excluding hydrogens is 396 g/mol. The van der Waals surface area contributed by atoms with E-state index >= 15 is 0 Å². The van der Waals surface area contributed by atoms with E-state index in [9.17, 15) is 0 Å². The van der Waals surface area contributed by atoms with E-state index in [0.717, 1.165) is 0 Å². The fraction of sp³-hybridized carbons (Fsp3) is 0.630. The number of aryl methyl sites for hydroxylation is 1. The van der Waals surface area contributed by atoms with Crippen LogP contribution in [-0.2, 0) is 0 Å². The minimum Gasteiger partial charge on any atom is -0.497 e. The van der Waals surface area contributed by atoms with Gasteiger partial charge in [0.25, 0.3) is 0 Å². The molecule has 1 aliphatic carbocycles. The summed E-state index contributed by atoms with van der Waals surface area (Å²) in [6.45, 7) is 23.9. The van der Waals surface area contributed by atoms with Crippen LogP contribution in [0.2, 0.25) is 30.2 Å². The van der Waals surface area contributed by atoms with Gasteiger partial charge in [0.1, 0.15) is 13.8 Å². The van der Waals surface area contributed by atoms with E-state index in [1.54, 1.807) is 26.7 Å². The van der Waals surface area contributed by atoms with Crippen molar-refractivity contribution >= 4 is 26.5 Å². The summed E-state index contributed by atoms with van der Waals surface area (Å²) in [6.07, 6.45) is 0. The van der Waals surface area contributed by atoms with Gasteiger partial charge < -0.3 is 4.74 Å². The van der Waals surface area contributed by atoms with Crippen LogP contribution in [0.4, 0.5) is 0 Å². The fourth-order valence-corrected chi connectivity index (χ4v) is 15.8. The highest BCUT2D eigenvalue weighted by Gasteiger charge is 2.45. The number of benzene rings is 1. The van der Waals surface area contributed by atoms with Crippen LogP contribution in [0.25, 0.3) is 0 Å². The van der Waals surface area contributed by atoms with Crippen LogP contribution in [0, 0.1) is 12.8 Å². The number of rotatable bonds is 9. The third kappa shape index (κ3) is 3.70. The average molecular weight is 443 g/mol. The van der Waals surface area contributed by atoms with Crippen LogP contribution in [0.1, 0.15) is 67.9 Å². The topological polar surface area (TPSA) is 9.23 Å². The number of methoxy groups -OCH3 is 1. The van der Waals surface area contributed by atoms with Crippen LogP contribution < -0.4 is 15.1 Å². The molecule has 30 heavy (non-hydrogen) atoms. The molecule has 0 aliphatic heterocycles. The summed E-state index contributed by atoms with van der Waals surface area (Å²) in [5.41, 5.74) is 6.11. The summed E-state index contributed by atoms with van der Waals surface area (Å²) in [5.74, 6) is 1.83. The molecule has 3 heteroatoms. The number of hydrogen-bond acceptors (Lipinski definition) is 1. The largest absolute Gasteiger partial charge is 0.497 e. The lowest BCUT2D eigenvalue weighted by Gasteiger charge is -2.39. The van der Waals surface area contributed by atoms with E-state index in [1.165, 1.54) is 47.1 Å². The maximum Gasteiger partial charge on any atom is 0.118 e. The molecule has 1 aliphatic rings. The number of ether oxygens (including phenoxy) is 1. The lowest BCUT2D eigenvalue weighted by Crippen LogP contribution is -2.55. The SMILES string of the molecule is CC[Si](CC)(CC)c1cc(C)cc([Si](CC)(CC)C2=C(C)C(C)=C(C)C2C)c1OC. The molecular formula is C27H46OSi2. The molecule has 1 aromatic rings. The second-order valence-corrected chi connectivity index (χ2v) is 19.5. The van der Waals surface area contributed by atoms with Gasteiger partial charge in [-0.05, 0) is 49.6 Å². The number of hydrogen-bond donors (Lipinski definition) is 0. The fourth-order valence-electron chi connectivity index (χ4n) is 6.36. The first-order chi connectivity index (χ1) is 14.1. The molecule has 0 spiro atoms. The smallest absolute Gasteiger partial charge is 0.118 e. The van der Waals surface area contributed by atoms with Gasteiger partial charge >= 0.3 is 0 Å². The first-order valence-corrected chi connectivity index (χ1v) is 17.3. The maximum absolute atomic E-state index is 6.37. The molecule has 0 fully saturated rings. The van der Waals surface area contributed by atoms with Crippen LogP contribution >= 0.6 is 0 Å². The lowest BCUT2D eigenvalue weighted by atomic mass is 10.1. The molecule has 0 bridgehead atoms. The van der Waals surface area contributed by atoms with E-state index in [2.05, 4.69) is 81.4 Å². The zero-order valence-electron chi connectivity index (χ0n) is 21.7. The standard InChI is InChI=1S/C27H46OSi2/c1-12-29(13-2,14-3)24-17-19(6)18-25(26(24)28-11)30(15-4,16-5)27-22(9)20(7)21(8)23(27)10/h17-18,22H,12-16H2,1-11H3. The predicted octanol–water partition coefficient (Wildman–Crippen LogP) is 7.26. The van der Waals surface area contributed by atoms with Crippen molar-refractivity contribution in [2.75, 3.05) is 7.11 Å². The first-order valence-electron chi connectivity index (χ1n) is 12.2. The Hall–Kier alpha value is -1.07. The van der Waals surface area contributed by atoms with E-state index in [-0.39, 0.29) is 0 Å². The van der Waals surface area contributed by atoms with Gasteiger partial charge in [0.2, 0.25) is 0 Å². The van der Waals surface area contributed by atoms with Crippen LogP contribution in [-0.4, -0.2) is 23.3 Å². The van der Waals surface area contributed by atoms with Gasteiger partial charge in [-0.15, -0.1) is 0 Å². The Bertz CT molecular complexity index is 830. The van der Waals surface area contributed by atoms with E-state index in [4.69, 9.17) is 4.74 Å². The monoisotopic (exact) mass is 442 g/mol. The Kier molecular flexibility index (Phi) is 8.07. The maximum atomic E-state index is 6.37. The van der Waals surface area contributed by atoms with E-state index in [0.29, 0.717) is 5.92 Å². The Morgan fingerprint density at radius 3 is 1.63 bits per heavy atom. The highest BCUT2D eigenvalue weighted by molar-refractivity contribution is 6.99. The Morgan fingerprint density at radius 2 is 1.27 bits per heavy atom. The van der Waals surface area contributed by atoms with Gasteiger partial charge in [-0.25, -0.2) is 0 Å². The minimum absolute atomic E-state index is 0.566. The summed E-state index contributed by atoms with van der Waals surface area (Å²) in [4.78, 5) is 0. The van der Waals surface area contributed by atoms with Gasteiger partial charge in [0.05, 0.1) is 15.2 Å². The van der Waals surface area contributed by atoms with Crippen molar-refractivity contribution < 1.29 is 4.74 Å². The molecule has 1 nitrogen and oxygen atoms in total. The third-order valence-electron chi connectivity index (χ3n) is 8.92. The lowest BCUT2D eigenvalue weighted by molar-refractivity contribution is 0.420.